The Labute approximate surface area is 185 Å². The topological polar surface area (TPSA) is 66.8 Å². The summed E-state index contributed by atoms with van der Waals surface area (Å²) in [6.45, 7) is 1.79. The van der Waals surface area contributed by atoms with E-state index >= 15 is 0 Å². The van der Waals surface area contributed by atoms with Gasteiger partial charge in [-0.2, -0.15) is 0 Å². The van der Waals surface area contributed by atoms with Crippen LogP contribution in [0.5, 0.6) is 0 Å². The van der Waals surface area contributed by atoms with Crippen LogP contribution in [0.1, 0.15) is 111 Å². The summed E-state index contributed by atoms with van der Waals surface area (Å²) < 4.78 is 4.86. The first-order chi connectivity index (χ1) is 12.2. The van der Waals surface area contributed by atoms with Gasteiger partial charge in [-0.3, -0.25) is 4.79 Å². The quantitative estimate of drug-likeness (QED) is 0.204. The molecule has 0 fully saturated rings. The Kier molecular flexibility index (Phi) is 25.8. The fraction of sp³-hybridized carbons (Fsp3) is 0.952. The van der Waals surface area contributed by atoms with Crippen molar-refractivity contribution < 1.29 is 50.7 Å². The number of ether oxygens (including phenoxy) is 1. The van der Waals surface area contributed by atoms with Gasteiger partial charge in [-0.05, 0) is 6.42 Å². The van der Waals surface area contributed by atoms with E-state index in [0.717, 1.165) is 12.8 Å². The molecule has 0 amide bonds. The minimum absolute atomic E-state index is 0. The summed E-state index contributed by atoms with van der Waals surface area (Å²) in [7, 11) is 0. The second-order valence-electron chi connectivity index (χ2n) is 7.22. The Hall–Kier alpha value is 0.390. The Morgan fingerprint density at radius 2 is 1.19 bits per heavy atom. The Morgan fingerprint density at radius 1 is 0.808 bits per heavy atom. The molecule has 2 N–H and O–H groups in total. The van der Waals surface area contributed by atoms with E-state index in [2.05, 4.69) is 6.92 Å². The number of rotatable bonds is 19. The van der Waals surface area contributed by atoms with Crippen molar-refractivity contribution in [2.45, 2.75) is 116 Å². The molecule has 0 radical (unpaired) electrons. The second-order valence-corrected chi connectivity index (χ2v) is 7.22. The predicted octanol–water partition coefficient (Wildman–Crippen LogP) is 2.26. The van der Waals surface area contributed by atoms with E-state index in [9.17, 15) is 4.79 Å². The number of hydrogen-bond acceptors (Lipinski definition) is 4. The minimum atomic E-state index is -0.954. The van der Waals surface area contributed by atoms with Crippen molar-refractivity contribution in [3.63, 3.8) is 0 Å². The molecule has 26 heavy (non-hydrogen) atoms. The summed E-state index contributed by atoms with van der Waals surface area (Å²) in [5.74, 6) is -0.276. The van der Waals surface area contributed by atoms with Crippen LogP contribution in [0.25, 0.3) is 0 Å². The number of esters is 1. The van der Waals surface area contributed by atoms with Crippen molar-refractivity contribution in [3.8, 4) is 0 Å². The van der Waals surface area contributed by atoms with Gasteiger partial charge >= 0.3 is 35.5 Å². The number of carbonyl (C=O) groups is 1. The monoisotopic (exact) mass is 382 g/mol. The van der Waals surface area contributed by atoms with E-state index < -0.39 is 6.10 Å². The molecule has 0 bridgehead atoms. The van der Waals surface area contributed by atoms with Gasteiger partial charge in [0.2, 0.25) is 0 Å². The van der Waals surface area contributed by atoms with Gasteiger partial charge < -0.3 is 16.4 Å². The molecule has 0 aromatic heterocycles. The first-order valence-corrected chi connectivity index (χ1v) is 10.6. The maximum absolute atomic E-state index is 11.4. The van der Waals surface area contributed by atoms with Crippen LogP contribution in [0, 0.1) is 0 Å². The van der Waals surface area contributed by atoms with Crippen LogP contribution in [0.4, 0.5) is 0 Å². The smallest absolute Gasteiger partial charge is 1.00 e. The maximum Gasteiger partial charge on any atom is 1.00 e. The van der Waals surface area contributed by atoms with Crippen LogP contribution in [0.2, 0.25) is 0 Å². The molecule has 0 aliphatic carbocycles. The molecule has 1 atom stereocenters. The van der Waals surface area contributed by atoms with E-state index in [0.29, 0.717) is 6.42 Å². The van der Waals surface area contributed by atoms with Crippen LogP contribution in [-0.2, 0) is 9.53 Å². The van der Waals surface area contributed by atoms with Crippen LogP contribution < -0.4 is 29.6 Å². The van der Waals surface area contributed by atoms with Gasteiger partial charge in [0.15, 0.2) is 0 Å². The fourth-order valence-electron chi connectivity index (χ4n) is 2.95. The average Bonchev–Trinajstić information content (AvgIpc) is 2.62. The van der Waals surface area contributed by atoms with Crippen LogP contribution in [0.3, 0.4) is 0 Å². The van der Waals surface area contributed by atoms with E-state index in [-0.39, 0.29) is 50.2 Å². The molecule has 0 spiro atoms. The summed E-state index contributed by atoms with van der Waals surface area (Å²) in [5.41, 5.74) is 0. The molecule has 0 saturated heterocycles. The van der Waals surface area contributed by atoms with Crippen molar-refractivity contribution in [3.05, 3.63) is 0 Å². The minimum Gasteiger partial charge on any atom is -1.00 e. The van der Waals surface area contributed by atoms with Gasteiger partial charge in [0.25, 0.3) is 0 Å². The van der Waals surface area contributed by atoms with Crippen LogP contribution in [0.15, 0.2) is 0 Å². The van der Waals surface area contributed by atoms with Crippen molar-refractivity contribution in [2.75, 3.05) is 13.2 Å². The summed E-state index contributed by atoms with van der Waals surface area (Å²) in [6, 6.07) is 0. The molecular weight excluding hydrogens is 339 g/mol. The summed E-state index contributed by atoms with van der Waals surface area (Å²) in [5, 5.41) is 17.7. The van der Waals surface area contributed by atoms with Crippen molar-refractivity contribution in [1.82, 2.24) is 0 Å². The number of carbonyl (C=O) groups excluding carboxylic acids is 1. The van der Waals surface area contributed by atoms with Crippen LogP contribution in [-0.4, -0.2) is 35.5 Å². The van der Waals surface area contributed by atoms with Gasteiger partial charge in [0, 0.05) is 6.42 Å². The van der Waals surface area contributed by atoms with E-state index in [1.165, 1.54) is 83.5 Å². The molecule has 5 heteroatoms. The molecule has 0 aliphatic heterocycles. The molecule has 4 nitrogen and oxygen atoms in total. The summed E-state index contributed by atoms with van der Waals surface area (Å²) >= 11 is 0. The third kappa shape index (κ3) is 22.4. The van der Waals surface area contributed by atoms with Gasteiger partial charge in [-0.15, -0.1) is 0 Å². The SMILES string of the molecule is CCCCCCCCCCCCCCCCCC(=O)OCC(O)CO.[H-].[Na+]. The molecule has 0 aliphatic rings. The second kappa shape index (κ2) is 23.4. The zero-order chi connectivity index (χ0) is 18.6. The van der Waals surface area contributed by atoms with Crippen LogP contribution >= 0.6 is 0 Å². The largest absolute Gasteiger partial charge is 1.00 e. The normalized spacial score (nSPS) is 11.8. The van der Waals surface area contributed by atoms with Crippen molar-refractivity contribution >= 4 is 5.97 Å². The Morgan fingerprint density at radius 3 is 1.58 bits per heavy atom. The summed E-state index contributed by atoms with van der Waals surface area (Å²) in [4.78, 5) is 11.4. The van der Waals surface area contributed by atoms with E-state index in [1.807, 2.05) is 0 Å². The van der Waals surface area contributed by atoms with E-state index in [1.54, 1.807) is 0 Å². The first kappa shape index (κ1) is 28.6. The molecule has 0 rings (SSSR count). The zero-order valence-electron chi connectivity index (χ0n) is 18.5. The fourth-order valence-corrected chi connectivity index (χ4v) is 2.95. The Balaban J connectivity index is -0.00000288. The molecular formula is C21H43NaO4. The number of hydrogen-bond donors (Lipinski definition) is 2. The number of unbranched alkanes of at least 4 members (excludes halogenated alkanes) is 14. The maximum atomic E-state index is 11.4. The molecule has 1 unspecified atom stereocenters. The van der Waals surface area contributed by atoms with Gasteiger partial charge in [0.1, 0.15) is 12.7 Å². The predicted molar refractivity (Wildman–Crippen MR) is 105 cm³/mol. The zero-order valence-corrected chi connectivity index (χ0v) is 19.5. The third-order valence-corrected chi connectivity index (χ3v) is 4.63. The number of aliphatic hydroxyl groups excluding tert-OH is 2. The molecule has 0 aromatic rings. The average molecular weight is 383 g/mol. The first-order valence-electron chi connectivity index (χ1n) is 10.6. The molecule has 0 heterocycles. The van der Waals surface area contributed by atoms with Crippen molar-refractivity contribution in [2.24, 2.45) is 0 Å². The molecule has 0 aromatic carbocycles. The van der Waals surface area contributed by atoms with Gasteiger partial charge in [-0.1, -0.05) is 96.8 Å². The van der Waals surface area contributed by atoms with Gasteiger partial charge in [-0.25, -0.2) is 0 Å². The summed E-state index contributed by atoms with van der Waals surface area (Å²) in [6.07, 6.45) is 19.0. The Bertz CT molecular complexity index is 293. The molecule has 152 valence electrons. The third-order valence-electron chi connectivity index (χ3n) is 4.63. The standard InChI is InChI=1S/C21H42O4.Na.H/c1-2-3-4-5-6-7-8-9-10-11-12-13-14-15-16-17-21(24)25-19-20(23)18-22;;/h20,22-23H,2-19H2,1H3;;/q;+1;-1. The van der Waals surface area contributed by atoms with E-state index in [4.69, 9.17) is 14.9 Å². The van der Waals surface area contributed by atoms with Gasteiger partial charge in [0.05, 0.1) is 6.61 Å². The van der Waals surface area contributed by atoms with Crippen molar-refractivity contribution in [1.29, 1.82) is 0 Å². The number of aliphatic hydroxyl groups is 2. The molecule has 0 saturated carbocycles.